The fraction of sp³-hybridized carbons (Fsp3) is 0.833. The number of carboxylic acids is 1. The highest BCUT2D eigenvalue weighted by Crippen LogP contribution is 2.38. The van der Waals surface area contributed by atoms with Gasteiger partial charge in [-0.25, -0.2) is 4.79 Å². The number of hydrogen-bond donors (Lipinski definition) is 2. The molecular formula is C12H23NO4Si. The first kappa shape index (κ1) is 15.2. The summed E-state index contributed by atoms with van der Waals surface area (Å²) in [5.74, 6) is -1.68. The van der Waals surface area contributed by atoms with Crippen LogP contribution in [0.15, 0.2) is 0 Å². The van der Waals surface area contributed by atoms with Gasteiger partial charge in [-0.05, 0) is 24.4 Å². The maximum Gasteiger partial charge on any atom is 0.327 e. The van der Waals surface area contributed by atoms with Gasteiger partial charge in [-0.15, -0.1) is 0 Å². The molecule has 1 amide bonds. The highest BCUT2D eigenvalue weighted by Gasteiger charge is 2.51. The number of carboxylic acid groups (broad SMARTS) is 1. The van der Waals surface area contributed by atoms with Crippen LogP contribution in [0, 0.1) is 17.3 Å². The Morgan fingerprint density at radius 1 is 1.50 bits per heavy atom. The number of carbonyl (C=O) groups excluding carboxylic acids is 1. The minimum atomic E-state index is -1.17. The summed E-state index contributed by atoms with van der Waals surface area (Å²) in [6.45, 7) is 10.7. The molecule has 1 aliphatic heterocycles. The van der Waals surface area contributed by atoms with Gasteiger partial charge in [0, 0.05) is 6.61 Å². The Labute approximate surface area is 110 Å². The summed E-state index contributed by atoms with van der Waals surface area (Å²) in [6, 6.07) is -0.765. The summed E-state index contributed by atoms with van der Waals surface area (Å²) in [4.78, 5) is 22.7. The number of nitrogens with one attached hydrogen (secondary N) is 1. The predicted octanol–water partition coefficient (Wildman–Crippen LogP) is 0.848. The van der Waals surface area contributed by atoms with Crippen molar-refractivity contribution in [2.45, 2.75) is 39.9 Å². The van der Waals surface area contributed by atoms with Crippen LogP contribution >= 0.6 is 0 Å². The molecule has 0 unspecified atom stereocenters. The molecule has 104 valence electrons. The van der Waals surface area contributed by atoms with E-state index in [0.29, 0.717) is 6.61 Å². The molecule has 0 aromatic heterocycles. The molecule has 0 spiro atoms. The summed E-state index contributed by atoms with van der Waals surface area (Å²) in [6.07, 6.45) is 0. The molecule has 0 radical (unpaired) electrons. The maximum absolute atomic E-state index is 11.7. The highest BCUT2D eigenvalue weighted by atomic mass is 28.3. The summed E-state index contributed by atoms with van der Waals surface area (Å²) in [5.41, 5.74) is -0.153. The zero-order valence-corrected chi connectivity index (χ0v) is 12.8. The van der Waals surface area contributed by atoms with Gasteiger partial charge in [-0.1, -0.05) is 20.8 Å². The normalized spacial score (nSPS) is 25.6. The summed E-state index contributed by atoms with van der Waals surface area (Å²) < 4.78 is 5.73. The molecule has 0 aromatic rings. The van der Waals surface area contributed by atoms with Crippen molar-refractivity contribution in [2.75, 3.05) is 6.61 Å². The quantitative estimate of drug-likeness (QED) is 0.575. The van der Waals surface area contributed by atoms with Crippen molar-refractivity contribution in [3.05, 3.63) is 0 Å². The van der Waals surface area contributed by atoms with E-state index in [0.717, 1.165) is 0 Å². The van der Waals surface area contributed by atoms with Crippen molar-refractivity contribution in [3.63, 3.8) is 0 Å². The van der Waals surface area contributed by atoms with Gasteiger partial charge in [0.15, 0.2) is 9.04 Å². The third-order valence-electron chi connectivity index (χ3n) is 3.38. The lowest BCUT2D eigenvalue weighted by atomic mass is 9.67. The first-order chi connectivity index (χ1) is 8.14. The molecule has 1 rings (SSSR count). The van der Waals surface area contributed by atoms with E-state index in [1.54, 1.807) is 0 Å². The largest absolute Gasteiger partial charge is 0.480 e. The Hall–Kier alpha value is -0.883. The second-order valence-corrected chi connectivity index (χ2v) is 8.64. The number of hydrogen-bond acceptors (Lipinski definition) is 3. The van der Waals surface area contributed by atoms with Crippen molar-refractivity contribution < 1.29 is 19.1 Å². The molecule has 1 heterocycles. The monoisotopic (exact) mass is 273 g/mol. The molecule has 18 heavy (non-hydrogen) atoms. The second kappa shape index (κ2) is 5.40. The first-order valence-corrected chi connectivity index (χ1v) is 9.07. The number of rotatable bonds is 5. The molecule has 3 atom stereocenters. The van der Waals surface area contributed by atoms with Crippen LogP contribution in [-0.4, -0.2) is 38.7 Å². The van der Waals surface area contributed by atoms with Crippen LogP contribution in [0.4, 0.5) is 0 Å². The van der Waals surface area contributed by atoms with Crippen molar-refractivity contribution >= 4 is 20.9 Å². The van der Waals surface area contributed by atoms with E-state index >= 15 is 0 Å². The average molecular weight is 273 g/mol. The second-order valence-electron chi connectivity index (χ2n) is 6.20. The van der Waals surface area contributed by atoms with Gasteiger partial charge in [0.05, 0.1) is 5.92 Å². The molecule has 1 fully saturated rings. The van der Waals surface area contributed by atoms with Gasteiger partial charge in [-0.3, -0.25) is 4.79 Å². The molecule has 0 aliphatic carbocycles. The minimum absolute atomic E-state index is 0.0674. The molecule has 0 saturated carbocycles. The van der Waals surface area contributed by atoms with E-state index in [1.807, 2.05) is 20.8 Å². The SMILES string of the molecule is C[SiH](C)OC[C@H]([C@@H]1C(=O)N[C@@H]1C(=O)O)C(C)(C)C. The Kier molecular flexibility index (Phi) is 4.55. The molecule has 1 aliphatic rings. The van der Waals surface area contributed by atoms with Crippen LogP contribution in [0.25, 0.3) is 0 Å². The maximum atomic E-state index is 11.7. The van der Waals surface area contributed by atoms with Crippen LogP contribution < -0.4 is 5.32 Å². The van der Waals surface area contributed by atoms with Crippen LogP contribution in [0.2, 0.25) is 13.1 Å². The van der Waals surface area contributed by atoms with Gasteiger partial charge in [0.25, 0.3) is 0 Å². The van der Waals surface area contributed by atoms with E-state index in [4.69, 9.17) is 9.53 Å². The topological polar surface area (TPSA) is 75.6 Å². The molecule has 0 aromatic carbocycles. The van der Waals surface area contributed by atoms with Gasteiger partial charge in [0.1, 0.15) is 6.04 Å². The molecule has 5 nitrogen and oxygen atoms in total. The Morgan fingerprint density at radius 3 is 2.39 bits per heavy atom. The van der Waals surface area contributed by atoms with Crippen LogP contribution in [-0.2, 0) is 14.0 Å². The van der Waals surface area contributed by atoms with Crippen LogP contribution in [0.5, 0.6) is 0 Å². The van der Waals surface area contributed by atoms with E-state index in [9.17, 15) is 9.59 Å². The summed E-state index contributed by atoms with van der Waals surface area (Å²) >= 11 is 0. The van der Waals surface area contributed by atoms with E-state index < -0.39 is 27.0 Å². The minimum Gasteiger partial charge on any atom is -0.480 e. The zero-order valence-electron chi connectivity index (χ0n) is 11.7. The van der Waals surface area contributed by atoms with Crippen molar-refractivity contribution in [1.82, 2.24) is 5.32 Å². The lowest BCUT2D eigenvalue weighted by Gasteiger charge is -2.44. The number of carbonyl (C=O) groups is 2. The average Bonchev–Trinajstić information content (AvgIpc) is 2.17. The smallest absolute Gasteiger partial charge is 0.327 e. The van der Waals surface area contributed by atoms with Crippen molar-refractivity contribution in [1.29, 1.82) is 0 Å². The summed E-state index contributed by atoms with van der Waals surface area (Å²) in [7, 11) is -1.17. The van der Waals surface area contributed by atoms with Crippen molar-refractivity contribution in [2.24, 2.45) is 17.3 Å². The Morgan fingerprint density at radius 2 is 2.06 bits per heavy atom. The lowest BCUT2D eigenvalue weighted by Crippen LogP contribution is -2.66. The molecule has 0 bridgehead atoms. The molecular weight excluding hydrogens is 250 g/mol. The summed E-state index contributed by atoms with van der Waals surface area (Å²) in [5, 5.41) is 11.5. The van der Waals surface area contributed by atoms with Gasteiger partial charge in [0.2, 0.25) is 5.91 Å². The number of β-lactam (4-membered cyclic amide) rings is 1. The van der Waals surface area contributed by atoms with Gasteiger partial charge in [-0.2, -0.15) is 0 Å². The molecule has 2 N–H and O–H groups in total. The van der Waals surface area contributed by atoms with Crippen molar-refractivity contribution in [3.8, 4) is 0 Å². The molecule has 6 heteroatoms. The Balaban J connectivity index is 2.82. The third kappa shape index (κ3) is 3.32. The number of aliphatic carboxylic acids is 1. The van der Waals surface area contributed by atoms with Gasteiger partial charge < -0.3 is 14.8 Å². The predicted molar refractivity (Wildman–Crippen MR) is 70.8 cm³/mol. The highest BCUT2D eigenvalue weighted by molar-refractivity contribution is 6.48. The van der Waals surface area contributed by atoms with Crippen LogP contribution in [0.3, 0.4) is 0 Å². The third-order valence-corrected chi connectivity index (χ3v) is 4.24. The van der Waals surface area contributed by atoms with E-state index in [-0.39, 0.29) is 17.2 Å². The molecule has 1 saturated heterocycles. The number of amides is 1. The van der Waals surface area contributed by atoms with Crippen LogP contribution in [0.1, 0.15) is 20.8 Å². The first-order valence-electron chi connectivity index (χ1n) is 6.29. The lowest BCUT2D eigenvalue weighted by molar-refractivity contribution is -0.158. The zero-order chi connectivity index (χ0) is 14.1. The van der Waals surface area contributed by atoms with E-state index in [2.05, 4.69) is 18.4 Å². The Bertz CT molecular complexity index is 337. The van der Waals surface area contributed by atoms with Gasteiger partial charge >= 0.3 is 5.97 Å². The fourth-order valence-corrected chi connectivity index (χ4v) is 2.81. The standard InChI is InChI=1S/C12H23NO4Si/c1-12(2,3)7(6-17-18(4)5)8-9(11(15)16)13-10(8)14/h7-9,18H,6H2,1-5H3,(H,13,14)(H,15,16)/t7-,8+,9+/m1/s1. The van der Waals surface area contributed by atoms with E-state index in [1.165, 1.54) is 0 Å². The fourth-order valence-electron chi connectivity index (χ4n) is 2.21.